The van der Waals surface area contributed by atoms with Gasteiger partial charge >= 0.3 is 0 Å². The van der Waals surface area contributed by atoms with E-state index in [4.69, 9.17) is 5.73 Å². The summed E-state index contributed by atoms with van der Waals surface area (Å²) in [7, 11) is 0. The Morgan fingerprint density at radius 1 is 1.38 bits per heavy atom. The van der Waals surface area contributed by atoms with Crippen molar-refractivity contribution in [2.24, 2.45) is 11.7 Å². The fraction of sp³-hybridized carbons (Fsp3) is 0.769. The summed E-state index contributed by atoms with van der Waals surface area (Å²) in [6.45, 7) is 4.44. The summed E-state index contributed by atoms with van der Waals surface area (Å²) in [4.78, 5) is 14.3. The molecule has 2 rings (SSSR count). The second-order valence-electron chi connectivity index (χ2n) is 5.13. The van der Waals surface area contributed by atoms with Gasteiger partial charge in [0, 0.05) is 24.5 Å². The van der Waals surface area contributed by atoms with Crippen LogP contribution < -0.4 is 5.73 Å². The van der Waals surface area contributed by atoms with Gasteiger partial charge in [0.25, 0.3) is 0 Å². The molecule has 2 N–H and O–H groups in total. The highest BCUT2D eigenvalue weighted by Crippen LogP contribution is 2.31. The monoisotopic (exact) mass is 222 g/mol. The van der Waals surface area contributed by atoms with E-state index in [9.17, 15) is 4.79 Å². The zero-order valence-corrected chi connectivity index (χ0v) is 9.90. The van der Waals surface area contributed by atoms with E-state index >= 15 is 0 Å². The average Bonchev–Trinajstić information content (AvgIpc) is 3.09. The van der Waals surface area contributed by atoms with E-state index in [1.54, 1.807) is 0 Å². The molecule has 0 radical (unpaired) electrons. The lowest BCUT2D eigenvalue weighted by atomic mass is 9.85. The van der Waals surface area contributed by atoms with Gasteiger partial charge < -0.3 is 10.6 Å². The van der Waals surface area contributed by atoms with Crippen molar-refractivity contribution < 1.29 is 4.79 Å². The Labute approximate surface area is 97.7 Å². The minimum absolute atomic E-state index is 0.171. The number of carbonyl (C=O) groups is 1. The summed E-state index contributed by atoms with van der Waals surface area (Å²) in [6, 6.07) is 0.719. The second-order valence-corrected chi connectivity index (χ2v) is 5.13. The number of rotatable bonds is 4. The van der Waals surface area contributed by atoms with Crippen molar-refractivity contribution in [3.05, 3.63) is 12.7 Å². The lowest BCUT2D eigenvalue weighted by Crippen LogP contribution is -2.41. The van der Waals surface area contributed by atoms with Crippen molar-refractivity contribution >= 4 is 5.91 Å². The molecule has 2 unspecified atom stereocenters. The molecule has 3 nitrogen and oxygen atoms in total. The number of nitrogens with two attached hydrogens (primary N) is 1. The topological polar surface area (TPSA) is 46.3 Å². The van der Waals surface area contributed by atoms with Crippen molar-refractivity contribution in [2.75, 3.05) is 6.54 Å². The van der Waals surface area contributed by atoms with Crippen LogP contribution in [0.1, 0.15) is 38.5 Å². The van der Waals surface area contributed by atoms with Gasteiger partial charge in [-0.15, -0.1) is 6.58 Å². The van der Waals surface area contributed by atoms with Gasteiger partial charge in [-0.2, -0.15) is 0 Å². The van der Waals surface area contributed by atoms with Crippen LogP contribution in [-0.4, -0.2) is 29.4 Å². The Bertz CT molecular complexity index is 273. The molecule has 0 spiro atoms. The SMILES string of the molecule is C=CCN(C(=O)C1CCCC(N)C1)C1CC1. The highest BCUT2D eigenvalue weighted by Gasteiger charge is 2.36. The molecule has 3 heteroatoms. The summed E-state index contributed by atoms with van der Waals surface area (Å²) in [5.74, 6) is 0.488. The van der Waals surface area contributed by atoms with Crippen LogP contribution in [0, 0.1) is 5.92 Å². The molecule has 90 valence electrons. The van der Waals surface area contributed by atoms with Gasteiger partial charge in [-0.25, -0.2) is 0 Å². The Morgan fingerprint density at radius 2 is 2.12 bits per heavy atom. The van der Waals surface area contributed by atoms with Crippen LogP contribution in [0.15, 0.2) is 12.7 Å². The first-order valence-corrected chi connectivity index (χ1v) is 6.39. The highest BCUT2D eigenvalue weighted by atomic mass is 16.2. The maximum absolute atomic E-state index is 12.3. The molecule has 0 aromatic rings. The third-order valence-corrected chi connectivity index (χ3v) is 3.66. The van der Waals surface area contributed by atoms with Gasteiger partial charge in [0.1, 0.15) is 0 Å². The van der Waals surface area contributed by atoms with E-state index in [-0.39, 0.29) is 12.0 Å². The van der Waals surface area contributed by atoms with Crippen LogP contribution in [0.2, 0.25) is 0 Å². The van der Waals surface area contributed by atoms with E-state index in [1.807, 2.05) is 11.0 Å². The van der Waals surface area contributed by atoms with Crippen molar-refractivity contribution in [3.63, 3.8) is 0 Å². The second kappa shape index (κ2) is 5.00. The van der Waals surface area contributed by atoms with E-state index in [0.29, 0.717) is 18.5 Å². The third kappa shape index (κ3) is 2.64. The fourth-order valence-corrected chi connectivity index (χ4v) is 2.63. The summed E-state index contributed by atoms with van der Waals surface area (Å²) in [5, 5.41) is 0. The van der Waals surface area contributed by atoms with E-state index < -0.39 is 0 Å². The van der Waals surface area contributed by atoms with Gasteiger partial charge in [-0.05, 0) is 32.1 Å². The number of carbonyl (C=O) groups excluding carboxylic acids is 1. The smallest absolute Gasteiger partial charge is 0.226 e. The molecule has 0 heterocycles. The zero-order chi connectivity index (χ0) is 11.5. The lowest BCUT2D eigenvalue weighted by molar-refractivity contribution is -0.136. The van der Waals surface area contributed by atoms with Gasteiger partial charge in [0.05, 0.1) is 0 Å². The van der Waals surface area contributed by atoms with Crippen molar-refractivity contribution in [1.29, 1.82) is 0 Å². The Hall–Kier alpha value is -0.830. The van der Waals surface area contributed by atoms with Gasteiger partial charge in [-0.3, -0.25) is 4.79 Å². The van der Waals surface area contributed by atoms with Crippen LogP contribution in [0.4, 0.5) is 0 Å². The molecule has 2 aliphatic carbocycles. The molecular weight excluding hydrogens is 200 g/mol. The summed E-state index contributed by atoms with van der Waals surface area (Å²) >= 11 is 0. The molecule has 2 atom stereocenters. The van der Waals surface area contributed by atoms with E-state index in [0.717, 1.165) is 25.7 Å². The molecule has 2 fully saturated rings. The van der Waals surface area contributed by atoms with Gasteiger partial charge in [0.2, 0.25) is 5.91 Å². The predicted molar refractivity (Wildman–Crippen MR) is 64.9 cm³/mol. The predicted octanol–water partition coefficient (Wildman–Crippen LogP) is 1.68. The van der Waals surface area contributed by atoms with E-state index in [2.05, 4.69) is 6.58 Å². The first kappa shape index (κ1) is 11.6. The first-order valence-electron chi connectivity index (χ1n) is 6.39. The number of hydrogen-bond acceptors (Lipinski definition) is 2. The van der Waals surface area contributed by atoms with Crippen molar-refractivity contribution in [1.82, 2.24) is 4.90 Å². The molecule has 0 saturated heterocycles. The van der Waals surface area contributed by atoms with Crippen LogP contribution in [0.5, 0.6) is 0 Å². The number of amides is 1. The summed E-state index contributed by atoms with van der Waals surface area (Å²) in [5.41, 5.74) is 5.94. The third-order valence-electron chi connectivity index (χ3n) is 3.66. The van der Waals surface area contributed by atoms with Crippen LogP contribution >= 0.6 is 0 Å². The summed E-state index contributed by atoms with van der Waals surface area (Å²) in [6.07, 6.45) is 8.24. The molecule has 16 heavy (non-hydrogen) atoms. The Kier molecular flexibility index (Phi) is 3.64. The van der Waals surface area contributed by atoms with Crippen molar-refractivity contribution in [3.8, 4) is 0 Å². The minimum Gasteiger partial charge on any atom is -0.336 e. The zero-order valence-electron chi connectivity index (χ0n) is 9.90. The molecular formula is C13H22N2O. The van der Waals surface area contributed by atoms with Crippen molar-refractivity contribution in [2.45, 2.75) is 50.6 Å². The molecule has 0 aliphatic heterocycles. The number of hydrogen-bond donors (Lipinski definition) is 1. The normalized spacial score (nSPS) is 29.8. The van der Waals surface area contributed by atoms with Gasteiger partial charge in [-0.1, -0.05) is 12.5 Å². The number of nitrogens with zero attached hydrogens (tertiary/aromatic N) is 1. The standard InChI is InChI=1S/C13H22N2O/c1-2-8-15(12-6-7-12)13(16)10-4-3-5-11(14)9-10/h2,10-12H,1,3-9,14H2. The van der Waals surface area contributed by atoms with Gasteiger partial charge in [0.15, 0.2) is 0 Å². The largest absolute Gasteiger partial charge is 0.336 e. The highest BCUT2D eigenvalue weighted by molar-refractivity contribution is 5.79. The Morgan fingerprint density at radius 3 is 2.69 bits per heavy atom. The van der Waals surface area contributed by atoms with Crippen LogP contribution in [-0.2, 0) is 4.79 Å². The molecule has 2 saturated carbocycles. The minimum atomic E-state index is 0.171. The first-order chi connectivity index (χ1) is 7.72. The van der Waals surface area contributed by atoms with E-state index in [1.165, 1.54) is 12.8 Å². The quantitative estimate of drug-likeness (QED) is 0.736. The Balaban J connectivity index is 1.95. The average molecular weight is 222 g/mol. The summed E-state index contributed by atoms with van der Waals surface area (Å²) < 4.78 is 0. The van der Waals surface area contributed by atoms with Crippen LogP contribution in [0.3, 0.4) is 0 Å². The molecule has 0 bridgehead atoms. The van der Waals surface area contributed by atoms with Crippen LogP contribution in [0.25, 0.3) is 0 Å². The fourth-order valence-electron chi connectivity index (χ4n) is 2.63. The molecule has 0 aromatic heterocycles. The maximum Gasteiger partial charge on any atom is 0.226 e. The molecule has 0 aromatic carbocycles. The lowest BCUT2D eigenvalue weighted by Gasteiger charge is -2.31. The maximum atomic E-state index is 12.3. The molecule has 2 aliphatic rings. The molecule has 1 amide bonds.